The Bertz CT molecular complexity index is 589. The van der Waals surface area contributed by atoms with E-state index in [9.17, 15) is 4.79 Å². The standard InChI is InChI=1S/C12H18N6O2/c1-3-5-9-11(12(19)20)15-16-18(9)7-10-13-8-14-17(10)6-4-2/h8H,3-7H2,1-2H3,(H,19,20). The quantitative estimate of drug-likeness (QED) is 0.810. The lowest BCUT2D eigenvalue weighted by Gasteiger charge is -2.07. The molecule has 0 saturated carbocycles. The number of carboxylic acid groups (broad SMARTS) is 1. The predicted octanol–water partition coefficient (Wildman–Crippen LogP) is 0.979. The minimum absolute atomic E-state index is 0.0217. The van der Waals surface area contributed by atoms with Crippen LogP contribution < -0.4 is 0 Å². The van der Waals surface area contributed by atoms with Crippen molar-refractivity contribution in [3.05, 3.63) is 23.5 Å². The van der Waals surface area contributed by atoms with Gasteiger partial charge in [0.05, 0.1) is 5.69 Å². The third-order valence-electron chi connectivity index (χ3n) is 2.95. The molecule has 0 aliphatic heterocycles. The first-order valence-corrected chi connectivity index (χ1v) is 6.69. The third-order valence-corrected chi connectivity index (χ3v) is 2.95. The zero-order valence-electron chi connectivity index (χ0n) is 11.7. The first-order valence-electron chi connectivity index (χ1n) is 6.69. The van der Waals surface area contributed by atoms with Gasteiger partial charge in [-0.05, 0) is 12.8 Å². The summed E-state index contributed by atoms with van der Waals surface area (Å²) in [4.78, 5) is 15.3. The molecule has 2 aromatic heterocycles. The molecule has 0 unspecified atom stereocenters. The van der Waals surface area contributed by atoms with E-state index in [1.54, 1.807) is 9.36 Å². The monoisotopic (exact) mass is 278 g/mol. The van der Waals surface area contributed by atoms with Crippen molar-refractivity contribution < 1.29 is 9.90 Å². The minimum Gasteiger partial charge on any atom is -0.476 e. The van der Waals surface area contributed by atoms with Crippen LogP contribution in [0.4, 0.5) is 0 Å². The molecule has 0 saturated heterocycles. The Morgan fingerprint density at radius 1 is 1.30 bits per heavy atom. The number of aromatic nitrogens is 6. The van der Waals surface area contributed by atoms with E-state index in [0.29, 0.717) is 18.7 Å². The third kappa shape index (κ3) is 2.84. The number of hydrogen-bond acceptors (Lipinski definition) is 5. The number of nitrogens with zero attached hydrogens (tertiary/aromatic N) is 6. The maximum atomic E-state index is 11.1. The van der Waals surface area contributed by atoms with Crippen LogP contribution in [0.5, 0.6) is 0 Å². The van der Waals surface area contributed by atoms with Gasteiger partial charge in [0.2, 0.25) is 0 Å². The van der Waals surface area contributed by atoms with Gasteiger partial charge in [0.15, 0.2) is 5.69 Å². The summed E-state index contributed by atoms with van der Waals surface area (Å²) in [6, 6.07) is 0. The van der Waals surface area contributed by atoms with Gasteiger partial charge >= 0.3 is 5.97 Å². The summed E-state index contributed by atoms with van der Waals surface area (Å²) in [6.07, 6.45) is 3.90. The molecule has 20 heavy (non-hydrogen) atoms. The van der Waals surface area contributed by atoms with Crippen LogP contribution in [0.3, 0.4) is 0 Å². The van der Waals surface area contributed by atoms with E-state index >= 15 is 0 Å². The average Bonchev–Trinajstić information content (AvgIpc) is 3.00. The molecule has 1 N–H and O–H groups in total. The van der Waals surface area contributed by atoms with Gasteiger partial charge in [-0.3, -0.25) is 0 Å². The Hall–Kier alpha value is -2.25. The van der Waals surface area contributed by atoms with Gasteiger partial charge in [0, 0.05) is 6.54 Å². The van der Waals surface area contributed by atoms with E-state index in [1.807, 2.05) is 6.92 Å². The van der Waals surface area contributed by atoms with Crippen LogP contribution in [0.2, 0.25) is 0 Å². The number of aromatic carboxylic acids is 1. The average molecular weight is 278 g/mol. The van der Waals surface area contributed by atoms with E-state index in [0.717, 1.165) is 25.2 Å². The molecule has 0 amide bonds. The number of aryl methyl sites for hydroxylation is 1. The van der Waals surface area contributed by atoms with Crippen molar-refractivity contribution in [3.8, 4) is 0 Å². The molecule has 0 aliphatic carbocycles. The summed E-state index contributed by atoms with van der Waals surface area (Å²) in [5, 5.41) is 21.0. The molecule has 2 heterocycles. The highest BCUT2D eigenvalue weighted by Crippen LogP contribution is 2.10. The van der Waals surface area contributed by atoms with Crippen molar-refractivity contribution in [2.75, 3.05) is 0 Å². The van der Waals surface area contributed by atoms with E-state index in [2.05, 4.69) is 27.3 Å². The van der Waals surface area contributed by atoms with E-state index in [4.69, 9.17) is 5.11 Å². The highest BCUT2D eigenvalue weighted by molar-refractivity contribution is 5.86. The molecule has 108 valence electrons. The van der Waals surface area contributed by atoms with Gasteiger partial charge in [0.25, 0.3) is 0 Å². The van der Waals surface area contributed by atoms with Crippen molar-refractivity contribution >= 4 is 5.97 Å². The first-order chi connectivity index (χ1) is 9.67. The highest BCUT2D eigenvalue weighted by atomic mass is 16.4. The van der Waals surface area contributed by atoms with Crippen LogP contribution in [0.25, 0.3) is 0 Å². The van der Waals surface area contributed by atoms with Crippen molar-refractivity contribution in [3.63, 3.8) is 0 Å². The smallest absolute Gasteiger partial charge is 0.358 e. The SMILES string of the molecule is CCCc1c(C(=O)O)nnn1Cc1ncnn1CCC. The first kappa shape index (κ1) is 14.2. The second-order valence-corrected chi connectivity index (χ2v) is 4.50. The molecule has 8 nitrogen and oxygen atoms in total. The second kappa shape index (κ2) is 6.27. The molecule has 0 radical (unpaired) electrons. The van der Waals surface area contributed by atoms with E-state index < -0.39 is 5.97 Å². The molecule has 0 spiro atoms. The largest absolute Gasteiger partial charge is 0.476 e. The Morgan fingerprint density at radius 3 is 2.75 bits per heavy atom. The maximum Gasteiger partial charge on any atom is 0.358 e. The number of carbonyl (C=O) groups is 1. The van der Waals surface area contributed by atoms with Gasteiger partial charge in [-0.15, -0.1) is 5.10 Å². The van der Waals surface area contributed by atoms with Crippen LogP contribution in [-0.4, -0.2) is 40.8 Å². The van der Waals surface area contributed by atoms with Crippen LogP contribution in [-0.2, 0) is 19.5 Å². The Balaban J connectivity index is 2.28. The Kier molecular flexibility index (Phi) is 4.44. The van der Waals surface area contributed by atoms with Gasteiger partial charge in [-0.2, -0.15) is 5.10 Å². The number of rotatable bonds is 7. The molecule has 0 atom stereocenters. The van der Waals surface area contributed by atoms with Crippen molar-refractivity contribution in [2.45, 2.75) is 46.2 Å². The van der Waals surface area contributed by atoms with E-state index in [1.165, 1.54) is 6.33 Å². The number of hydrogen-bond donors (Lipinski definition) is 1. The van der Waals surface area contributed by atoms with Gasteiger partial charge in [0.1, 0.15) is 18.7 Å². The maximum absolute atomic E-state index is 11.1. The summed E-state index contributed by atoms with van der Waals surface area (Å²) in [5.41, 5.74) is 0.652. The Labute approximate surface area is 116 Å². The van der Waals surface area contributed by atoms with Crippen molar-refractivity contribution in [2.24, 2.45) is 0 Å². The van der Waals surface area contributed by atoms with Gasteiger partial charge < -0.3 is 5.11 Å². The van der Waals surface area contributed by atoms with E-state index in [-0.39, 0.29) is 5.69 Å². The topological polar surface area (TPSA) is 98.7 Å². The predicted molar refractivity (Wildman–Crippen MR) is 70.4 cm³/mol. The lowest BCUT2D eigenvalue weighted by Crippen LogP contribution is -2.14. The summed E-state index contributed by atoms with van der Waals surface area (Å²) < 4.78 is 3.40. The zero-order valence-corrected chi connectivity index (χ0v) is 11.7. The fraction of sp³-hybridized carbons (Fsp3) is 0.583. The highest BCUT2D eigenvalue weighted by Gasteiger charge is 2.19. The summed E-state index contributed by atoms with van der Waals surface area (Å²) in [6.45, 7) is 5.21. The molecule has 0 fully saturated rings. The van der Waals surface area contributed by atoms with Crippen LogP contribution in [0, 0.1) is 0 Å². The van der Waals surface area contributed by atoms with Gasteiger partial charge in [-0.1, -0.05) is 25.5 Å². The summed E-state index contributed by atoms with van der Waals surface area (Å²) >= 11 is 0. The molecule has 0 aromatic carbocycles. The molecule has 0 bridgehead atoms. The molecule has 8 heteroatoms. The van der Waals surface area contributed by atoms with Crippen LogP contribution in [0.15, 0.2) is 6.33 Å². The molecular weight excluding hydrogens is 260 g/mol. The molecule has 2 aromatic rings. The summed E-state index contributed by atoms with van der Waals surface area (Å²) in [7, 11) is 0. The zero-order chi connectivity index (χ0) is 14.5. The van der Waals surface area contributed by atoms with Crippen molar-refractivity contribution in [1.29, 1.82) is 0 Å². The summed E-state index contributed by atoms with van der Waals surface area (Å²) in [5.74, 6) is -0.291. The fourth-order valence-corrected chi connectivity index (χ4v) is 2.05. The lowest BCUT2D eigenvalue weighted by atomic mass is 10.2. The van der Waals surface area contributed by atoms with Crippen LogP contribution >= 0.6 is 0 Å². The Morgan fingerprint density at radius 2 is 2.10 bits per heavy atom. The number of carboxylic acids is 1. The second-order valence-electron chi connectivity index (χ2n) is 4.50. The van der Waals surface area contributed by atoms with Crippen molar-refractivity contribution in [1.82, 2.24) is 29.8 Å². The minimum atomic E-state index is -1.05. The molecule has 2 rings (SSSR count). The van der Waals surface area contributed by atoms with Crippen LogP contribution in [0.1, 0.15) is 48.7 Å². The lowest BCUT2D eigenvalue weighted by molar-refractivity contribution is 0.0689. The normalized spacial score (nSPS) is 10.9. The van der Waals surface area contributed by atoms with Gasteiger partial charge in [-0.25, -0.2) is 19.1 Å². The fourth-order valence-electron chi connectivity index (χ4n) is 2.05. The molecule has 0 aliphatic rings. The molecular formula is C12H18N6O2.